The number of hydrogen-bond donors (Lipinski definition) is 0. The fraction of sp³-hybridized carbons (Fsp3) is 0.500. The van der Waals surface area contributed by atoms with Gasteiger partial charge in [-0.25, -0.2) is 13.2 Å². The first kappa shape index (κ1) is 18.3. The Balaban J connectivity index is 1.74. The summed E-state index contributed by atoms with van der Waals surface area (Å²) in [7, 11) is -1.55. The number of carbonyl (C=O) groups excluding carboxylic acids is 2. The average Bonchev–Trinajstić information content (AvgIpc) is 2.90. The van der Waals surface area contributed by atoms with Crippen LogP contribution in [0, 0.1) is 6.92 Å². The smallest absolute Gasteiger partial charge is 0.344 e. The van der Waals surface area contributed by atoms with Gasteiger partial charge in [0, 0.05) is 13.1 Å². The van der Waals surface area contributed by atoms with E-state index in [4.69, 9.17) is 9.47 Å². The van der Waals surface area contributed by atoms with Crippen molar-refractivity contribution in [2.45, 2.75) is 19.4 Å². The predicted octanol–water partition coefficient (Wildman–Crippen LogP) is 0.563. The van der Waals surface area contributed by atoms with Crippen LogP contribution in [-0.2, 0) is 24.2 Å². The van der Waals surface area contributed by atoms with Crippen LogP contribution in [0.4, 0.5) is 0 Å². The molecule has 0 aliphatic carbocycles. The number of aryl methyl sites for hydroxylation is 1. The minimum atomic E-state index is -3.07. The Bertz CT molecular complexity index is 715. The van der Waals surface area contributed by atoms with E-state index in [1.807, 2.05) is 19.1 Å². The number of sulfone groups is 1. The molecule has 1 fully saturated rings. The van der Waals surface area contributed by atoms with Gasteiger partial charge in [0.1, 0.15) is 5.75 Å². The zero-order valence-electron chi connectivity index (χ0n) is 13.7. The summed E-state index contributed by atoms with van der Waals surface area (Å²) in [6, 6.07) is 6.87. The van der Waals surface area contributed by atoms with E-state index in [0.29, 0.717) is 12.2 Å². The van der Waals surface area contributed by atoms with Crippen molar-refractivity contribution in [3.63, 3.8) is 0 Å². The number of hydrogen-bond acceptors (Lipinski definition) is 6. The molecule has 1 atom stereocenters. The molecule has 0 N–H and O–H groups in total. The highest BCUT2D eigenvalue weighted by atomic mass is 32.2. The van der Waals surface area contributed by atoms with Crippen molar-refractivity contribution in [1.29, 1.82) is 0 Å². The largest absolute Gasteiger partial charge is 0.482 e. The lowest BCUT2D eigenvalue weighted by Gasteiger charge is -2.23. The average molecular weight is 355 g/mol. The van der Waals surface area contributed by atoms with E-state index in [1.165, 1.54) is 11.9 Å². The first-order valence-corrected chi connectivity index (χ1v) is 9.40. The van der Waals surface area contributed by atoms with E-state index in [9.17, 15) is 18.0 Å². The molecule has 1 aromatic carbocycles. The standard InChI is InChI=1S/C16H21NO6S/c1-12-4-3-5-14(8-12)22-10-16(19)23-9-15(18)17(2)13-6-7-24(20,21)11-13/h3-5,8,13H,6-7,9-11H2,1-2H3/t13-/m0/s1. The summed E-state index contributed by atoms with van der Waals surface area (Å²) >= 11 is 0. The van der Waals surface area contributed by atoms with Crippen molar-refractivity contribution < 1.29 is 27.5 Å². The van der Waals surface area contributed by atoms with Gasteiger partial charge in [0.15, 0.2) is 23.1 Å². The lowest BCUT2D eigenvalue weighted by Crippen LogP contribution is -2.40. The van der Waals surface area contributed by atoms with Crippen LogP contribution >= 0.6 is 0 Å². The van der Waals surface area contributed by atoms with Crippen LogP contribution in [0.15, 0.2) is 24.3 Å². The number of esters is 1. The molecule has 1 aromatic rings. The van der Waals surface area contributed by atoms with Crippen LogP contribution in [0.2, 0.25) is 0 Å². The maximum absolute atomic E-state index is 12.0. The minimum absolute atomic E-state index is 0.0420. The van der Waals surface area contributed by atoms with Gasteiger partial charge in [0.05, 0.1) is 11.5 Å². The molecular formula is C16H21NO6S. The quantitative estimate of drug-likeness (QED) is 0.693. The van der Waals surface area contributed by atoms with Gasteiger partial charge in [-0.05, 0) is 31.0 Å². The Morgan fingerprint density at radius 2 is 2.04 bits per heavy atom. The maximum atomic E-state index is 12.0. The van der Waals surface area contributed by atoms with Crippen LogP contribution in [0.1, 0.15) is 12.0 Å². The molecule has 0 aromatic heterocycles. The summed E-state index contributed by atoms with van der Waals surface area (Å²) in [6.45, 7) is 1.18. The van der Waals surface area contributed by atoms with Crippen molar-refractivity contribution >= 4 is 21.7 Å². The Kier molecular flexibility index (Phi) is 5.82. The molecule has 24 heavy (non-hydrogen) atoms. The van der Waals surface area contributed by atoms with Crippen molar-refractivity contribution in [1.82, 2.24) is 4.90 Å². The summed E-state index contributed by atoms with van der Waals surface area (Å²) in [5.41, 5.74) is 1.00. The Morgan fingerprint density at radius 1 is 1.29 bits per heavy atom. The first-order valence-electron chi connectivity index (χ1n) is 7.58. The normalized spacial score (nSPS) is 18.8. The number of carbonyl (C=O) groups is 2. The third-order valence-electron chi connectivity index (χ3n) is 3.85. The van der Waals surface area contributed by atoms with Gasteiger partial charge < -0.3 is 14.4 Å². The van der Waals surface area contributed by atoms with Crippen molar-refractivity contribution in [3.8, 4) is 5.75 Å². The van der Waals surface area contributed by atoms with E-state index < -0.39 is 28.3 Å². The third kappa shape index (κ3) is 5.23. The van der Waals surface area contributed by atoms with Gasteiger partial charge in [-0.3, -0.25) is 4.79 Å². The molecule has 1 saturated heterocycles. The molecule has 0 saturated carbocycles. The first-order chi connectivity index (χ1) is 11.3. The molecule has 132 valence electrons. The second-order valence-corrected chi connectivity index (χ2v) is 8.06. The number of nitrogens with zero attached hydrogens (tertiary/aromatic N) is 1. The van der Waals surface area contributed by atoms with E-state index >= 15 is 0 Å². The predicted molar refractivity (Wildman–Crippen MR) is 87.5 cm³/mol. The lowest BCUT2D eigenvalue weighted by atomic mass is 10.2. The number of amides is 1. The maximum Gasteiger partial charge on any atom is 0.344 e. The summed E-state index contributed by atoms with van der Waals surface area (Å²) in [5.74, 6) is -0.496. The molecule has 1 aliphatic rings. The monoisotopic (exact) mass is 355 g/mol. The Hall–Kier alpha value is -2.09. The minimum Gasteiger partial charge on any atom is -0.482 e. The number of rotatable bonds is 6. The second-order valence-electron chi connectivity index (χ2n) is 5.83. The van der Waals surface area contributed by atoms with Gasteiger partial charge >= 0.3 is 5.97 Å². The highest BCUT2D eigenvalue weighted by Gasteiger charge is 2.32. The number of likely N-dealkylation sites (N-methyl/N-ethyl adjacent to an activating group) is 1. The van der Waals surface area contributed by atoms with Crippen molar-refractivity contribution in [3.05, 3.63) is 29.8 Å². The molecule has 0 spiro atoms. The molecule has 8 heteroatoms. The Labute approximate surface area is 141 Å². The zero-order valence-corrected chi connectivity index (χ0v) is 14.5. The SMILES string of the molecule is Cc1cccc(OCC(=O)OCC(=O)N(C)[C@H]2CCS(=O)(=O)C2)c1. The number of ether oxygens (including phenoxy) is 2. The van der Waals surface area contributed by atoms with Gasteiger partial charge in [-0.1, -0.05) is 12.1 Å². The van der Waals surface area contributed by atoms with Crippen LogP contribution in [0.3, 0.4) is 0 Å². The molecule has 2 rings (SSSR count). The van der Waals surface area contributed by atoms with Crippen LogP contribution in [-0.4, -0.2) is 63.0 Å². The molecular weight excluding hydrogens is 334 g/mol. The molecule has 0 radical (unpaired) electrons. The highest BCUT2D eigenvalue weighted by Crippen LogP contribution is 2.16. The van der Waals surface area contributed by atoms with Crippen molar-refractivity contribution in [2.75, 3.05) is 31.8 Å². The van der Waals surface area contributed by atoms with Gasteiger partial charge in [0.2, 0.25) is 0 Å². The second kappa shape index (κ2) is 7.65. The summed E-state index contributed by atoms with van der Waals surface area (Å²) < 4.78 is 33.0. The molecule has 1 aliphatic heterocycles. The topological polar surface area (TPSA) is 90.0 Å². The summed E-state index contributed by atoms with van der Waals surface area (Å²) in [6.07, 6.45) is 0.412. The van der Waals surface area contributed by atoms with E-state index in [-0.39, 0.29) is 24.2 Å². The fourth-order valence-corrected chi connectivity index (χ4v) is 4.19. The van der Waals surface area contributed by atoms with Gasteiger partial charge in [-0.15, -0.1) is 0 Å². The molecule has 1 heterocycles. The highest BCUT2D eigenvalue weighted by molar-refractivity contribution is 7.91. The molecule has 7 nitrogen and oxygen atoms in total. The van der Waals surface area contributed by atoms with Crippen molar-refractivity contribution in [2.24, 2.45) is 0 Å². The van der Waals surface area contributed by atoms with Gasteiger partial charge in [-0.2, -0.15) is 0 Å². The van der Waals surface area contributed by atoms with Crippen LogP contribution < -0.4 is 4.74 Å². The summed E-state index contributed by atoms with van der Waals surface area (Å²) in [5, 5.41) is 0. The molecule has 0 unspecified atom stereocenters. The Morgan fingerprint density at radius 3 is 2.67 bits per heavy atom. The van der Waals surface area contributed by atoms with Gasteiger partial charge in [0.25, 0.3) is 5.91 Å². The van der Waals surface area contributed by atoms with E-state index in [0.717, 1.165) is 5.56 Å². The number of benzene rings is 1. The zero-order chi connectivity index (χ0) is 17.7. The van der Waals surface area contributed by atoms with E-state index in [2.05, 4.69) is 0 Å². The summed E-state index contributed by atoms with van der Waals surface area (Å²) in [4.78, 5) is 24.9. The molecule has 1 amide bonds. The fourth-order valence-electron chi connectivity index (χ4n) is 2.42. The van der Waals surface area contributed by atoms with E-state index in [1.54, 1.807) is 12.1 Å². The van der Waals surface area contributed by atoms with Crippen LogP contribution in [0.5, 0.6) is 5.75 Å². The third-order valence-corrected chi connectivity index (χ3v) is 5.60. The molecule has 0 bridgehead atoms. The lowest BCUT2D eigenvalue weighted by molar-refractivity contribution is -0.153. The van der Waals surface area contributed by atoms with Crippen LogP contribution in [0.25, 0.3) is 0 Å².